The minimum Gasteiger partial charge on any atom is -0.493 e. The molecule has 0 saturated carbocycles. The first-order valence-electron chi connectivity index (χ1n) is 8.52. The Balaban J connectivity index is 1.96. The molecule has 4 rings (SSSR count). The molecule has 27 heavy (non-hydrogen) atoms. The van der Waals surface area contributed by atoms with Crippen LogP contribution in [0.2, 0.25) is 0 Å². The highest BCUT2D eigenvalue weighted by molar-refractivity contribution is 5.95. The van der Waals surface area contributed by atoms with Gasteiger partial charge in [0.1, 0.15) is 6.61 Å². The van der Waals surface area contributed by atoms with Gasteiger partial charge in [0, 0.05) is 17.7 Å². The molecule has 3 aromatic carbocycles. The topological polar surface area (TPSA) is 61.6 Å². The fourth-order valence-corrected chi connectivity index (χ4v) is 3.29. The maximum absolute atomic E-state index is 11.1. The quantitative estimate of drug-likeness (QED) is 0.483. The van der Waals surface area contributed by atoms with Crippen LogP contribution in [0.1, 0.15) is 22.3 Å². The predicted molar refractivity (Wildman–Crippen MR) is 104 cm³/mol. The lowest BCUT2D eigenvalue weighted by Gasteiger charge is -2.13. The van der Waals surface area contributed by atoms with Gasteiger partial charge in [0.2, 0.25) is 0 Å². The number of hydrogen-bond acceptors (Lipinski definition) is 4. The molecule has 1 heterocycles. The first-order valence-corrected chi connectivity index (χ1v) is 8.52. The average Bonchev–Trinajstić information content (AvgIpc) is 2.85. The predicted octanol–water partition coefficient (Wildman–Crippen LogP) is 5.08. The van der Waals surface area contributed by atoms with Crippen LogP contribution < -0.4 is 9.47 Å². The molecule has 1 aliphatic rings. The Morgan fingerprint density at radius 3 is 2.63 bits per heavy atom. The van der Waals surface area contributed by atoms with Gasteiger partial charge in [-0.15, -0.1) is 0 Å². The van der Waals surface area contributed by atoms with Crippen molar-refractivity contribution in [2.75, 3.05) is 7.11 Å². The van der Waals surface area contributed by atoms with E-state index in [-0.39, 0.29) is 10.6 Å². The normalized spacial score (nSPS) is 13.9. The molecular formula is C22H17NO4. The second-order valence-electron chi connectivity index (χ2n) is 6.19. The van der Waals surface area contributed by atoms with Gasteiger partial charge in [-0.25, -0.2) is 0 Å². The number of ether oxygens (including phenoxy) is 2. The molecule has 1 aliphatic heterocycles. The van der Waals surface area contributed by atoms with E-state index in [0.717, 1.165) is 27.8 Å². The number of hydrogen-bond donors (Lipinski definition) is 0. The van der Waals surface area contributed by atoms with Gasteiger partial charge in [0.15, 0.2) is 11.5 Å². The van der Waals surface area contributed by atoms with Crippen molar-refractivity contribution in [3.05, 3.63) is 99.1 Å². The second-order valence-corrected chi connectivity index (χ2v) is 6.19. The summed E-state index contributed by atoms with van der Waals surface area (Å²) in [5.74, 6) is 1.33. The summed E-state index contributed by atoms with van der Waals surface area (Å²) in [5, 5.41) is 11.1. The molecule has 5 nitrogen and oxygen atoms in total. The van der Waals surface area contributed by atoms with Crippen molar-refractivity contribution in [3.63, 3.8) is 0 Å². The minimum atomic E-state index is -0.386. The third kappa shape index (κ3) is 3.15. The van der Waals surface area contributed by atoms with E-state index < -0.39 is 0 Å². The number of nitro benzene ring substituents is 1. The highest BCUT2D eigenvalue weighted by Crippen LogP contribution is 2.42. The molecule has 5 heteroatoms. The van der Waals surface area contributed by atoms with Crippen LogP contribution in [0.25, 0.3) is 11.6 Å². The van der Waals surface area contributed by atoms with Gasteiger partial charge in [0.25, 0.3) is 5.69 Å². The molecule has 134 valence electrons. The van der Waals surface area contributed by atoms with Crippen LogP contribution in [-0.4, -0.2) is 12.0 Å². The molecule has 0 atom stereocenters. The zero-order valence-electron chi connectivity index (χ0n) is 14.7. The van der Waals surface area contributed by atoms with Crippen molar-refractivity contribution in [1.82, 2.24) is 0 Å². The van der Waals surface area contributed by atoms with Gasteiger partial charge < -0.3 is 9.47 Å². The lowest BCUT2D eigenvalue weighted by Crippen LogP contribution is -1.97. The minimum absolute atomic E-state index is 0.0633. The van der Waals surface area contributed by atoms with E-state index in [1.807, 2.05) is 54.6 Å². The average molecular weight is 359 g/mol. The Morgan fingerprint density at radius 2 is 1.81 bits per heavy atom. The maximum Gasteiger partial charge on any atom is 0.270 e. The van der Waals surface area contributed by atoms with Crippen LogP contribution in [0.4, 0.5) is 5.69 Å². The summed E-state index contributed by atoms with van der Waals surface area (Å²) in [6.07, 6.45) is 1.96. The zero-order chi connectivity index (χ0) is 18.8. The lowest BCUT2D eigenvalue weighted by molar-refractivity contribution is -0.384. The number of para-hydroxylation sites is 1. The smallest absolute Gasteiger partial charge is 0.270 e. The van der Waals surface area contributed by atoms with E-state index in [1.165, 1.54) is 6.07 Å². The van der Waals surface area contributed by atoms with Crippen molar-refractivity contribution in [3.8, 4) is 11.5 Å². The van der Waals surface area contributed by atoms with Crippen LogP contribution in [0.15, 0.2) is 66.7 Å². The van der Waals surface area contributed by atoms with E-state index >= 15 is 0 Å². The third-order valence-corrected chi connectivity index (χ3v) is 4.56. The Morgan fingerprint density at radius 1 is 1.04 bits per heavy atom. The van der Waals surface area contributed by atoms with Crippen molar-refractivity contribution in [2.45, 2.75) is 6.61 Å². The lowest BCUT2D eigenvalue weighted by atomic mass is 9.92. The Labute approximate surface area is 156 Å². The summed E-state index contributed by atoms with van der Waals surface area (Å²) >= 11 is 0. The molecular weight excluding hydrogens is 342 g/mol. The number of methoxy groups -OCH3 is 1. The van der Waals surface area contributed by atoms with Crippen molar-refractivity contribution >= 4 is 17.3 Å². The molecule has 0 amide bonds. The summed E-state index contributed by atoms with van der Waals surface area (Å²) in [7, 11) is 1.61. The molecule has 0 spiro atoms. The highest BCUT2D eigenvalue weighted by Gasteiger charge is 2.22. The molecule has 0 saturated heterocycles. The van der Waals surface area contributed by atoms with Gasteiger partial charge >= 0.3 is 0 Å². The van der Waals surface area contributed by atoms with Gasteiger partial charge in [-0.3, -0.25) is 10.1 Å². The standard InChI is InChI=1S/C22H17NO4/c1-26-21-11-5-10-19-20(13-15-6-4-8-17(12-15)23(24)25)18-9-3-2-7-16(18)14-27-22(19)21/h2-13H,14H2,1H3/b20-13+. The van der Waals surface area contributed by atoms with E-state index in [1.54, 1.807) is 19.2 Å². The van der Waals surface area contributed by atoms with Gasteiger partial charge in [-0.1, -0.05) is 48.5 Å². The van der Waals surface area contributed by atoms with Gasteiger partial charge in [-0.05, 0) is 34.4 Å². The number of nitrogens with zero attached hydrogens (tertiary/aromatic N) is 1. The van der Waals surface area contributed by atoms with E-state index in [4.69, 9.17) is 9.47 Å². The SMILES string of the molecule is COc1cccc2c1OCc1ccccc1/C2=C\c1cccc([N+](=O)[O-])c1. The summed E-state index contributed by atoms with van der Waals surface area (Å²) < 4.78 is 11.5. The van der Waals surface area contributed by atoms with Crippen LogP contribution in [0.3, 0.4) is 0 Å². The highest BCUT2D eigenvalue weighted by atomic mass is 16.6. The largest absolute Gasteiger partial charge is 0.493 e. The Bertz CT molecular complexity index is 1060. The van der Waals surface area contributed by atoms with E-state index in [2.05, 4.69) is 0 Å². The number of rotatable bonds is 3. The fourth-order valence-electron chi connectivity index (χ4n) is 3.29. The van der Waals surface area contributed by atoms with Crippen molar-refractivity contribution < 1.29 is 14.4 Å². The number of fused-ring (bicyclic) bond motifs is 2. The Hall–Kier alpha value is -3.60. The first-order chi connectivity index (χ1) is 13.2. The van der Waals surface area contributed by atoms with Crippen molar-refractivity contribution in [1.29, 1.82) is 0 Å². The molecule has 3 aromatic rings. The number of nitro groups is 1. The zero-order valence-corrected chi connectivity index (χ0v) is 14.7. The first kappa shape index (κ1) is 16.8. The molecule has 0 N–H and O–H groups in total. The summed E-state index contributed by atoms with van der Waals surface area (Å²) in [6.45, 7) is 0.426. The molecule has 0 fully saturated rings. The third-order valence-electron chi connectivity index (χ3n) is 4.56. The molecule has 0 aromatic heterocycles. The molecule has 0 aliphatic carbocycles. The molecule has 0 unspecified atom stereocenters. The number of benzene rings is 3. The van der Waals surface area contributed by atoms with Crippen LogP contribution in [0.5, 0.6) is 11.5 Å². The molecule has 0 bridgehead atoms. The Kier molecular flexibility index (Phi) is 4.34. The van der Waals surface area contributed by atoms with E-state index in [0.29, 0.717) is 18.1 Å². The summed E-state index contributed by atoms with van der Waals surface area (Å²) in [6, 6.07) is 20.4. The maximum atomic E-state index is 11.1. The monoisotopic (exact) mass is 359 g/mol. The fraction of sp³-hybridized carbons (Fsp3) is 0.0909. The second kappa shape index (κ2) is 6.96. The van der Waals surface area contributed by atoms with E-state index in [9.17, 15) is 10.1 Å². The van der Waals surface area contributed by atoms with Crippen molar-refractivity contribution in [2.24, 2.45) is 0 Å². The molecule has 0 radical (unpaired) electrons. The van der Waals surface area contributed by atoms with Gasteiger partial charge in [-0.2, -0.15) is 0 Å². The summed E-state index contributed by atoms with van der Waals surface area (Å²) in [4.78, 5) is 10.7. The van der Waals surface area contributed by atoms with Gasteiger partial charge in [0.05, 0.1) is 12.0 Å². The number of non-ortho nitro benzene ring substituents is 1. The summed E-state index contributed by atoms with van der Waals surface area (Å²) in [5.41, 5.74) is 4.74. The van der Waals surface area contributed by atoms with Crippen LogP contribution in [0, 0.1) is 10.1 Å². The van der Waals surface area contributed by atoms with Crippen LogP contribution in [-0.2, 0) is 6.61 Å². The van der Waals surface area contributed by atoms with Crippen LogP contribution >= 0.6 is 0 Å².